The molecule has 0 heterocycles. The van der Waals surface area contributed by atoms with Crippen molar-refractivity contribution in [1.82, 2.24) is 14.5 Å². The van der Waals surface area contributed by atoms with E-state index in [-0.39, 0.29) is 12.2 Å². The van der Waals surface area contributed by atoms with Gasteiger partial charge < -0.3 is 10.2 Å². The molecule has 0 atom stereocenters. The Kier molecular flexibility index (Phi) is 6.92. The molecule has 0 radical (unpaired) electrons. The van der Waals surface area contributed by atoms with Gasteiger partial charge in [-0.05, 0) is 38.4 Å². The predicted octanol–water partition coefficient (Wildman–Crippen LogP) is 0.116. The lowest BCUT2D eigenvalue weighted by molar-refractivity contribution is -0.119. The Morgan fingerprint density at radius 3 is 2.17 bits per heavy atom. The minimum Gasteiger partial charge on any atom is -0.353 e. The van der Waals surface area contributed by atoms with Gasteiger partial charge in [-0.1, -0.05) is 0 Å². The van der Waals surface area contributed by atoms with E-state index in [0.29, 0.717) is 13.1 Å². The van der Waals surface area contributed by atoms with Crippen LogP contribution in [0.2, 0.25) is 0 Å². The molecule has 0 aliphatic rings. The van der Waals surface area contributed by atoms with Gasteiger partial charge in [0.05, 0.1) is 5.69 Å². The van der Waals surface area contributed by atoms with E-state index in [9.17, 15) is 17.6 Å². The van der Waals surface area contributed by atoms with Crippen LogP contribution in [0.15, 0.2) is 24.3 Å². The van der Waals surface area contributed by atoms with E-state index >= 15 is 0 Å². The maximum absolute atomic E-state index is 13.0. The molecule has 1 aromatic rings. The first-order chi connectivity index (χ1) is 10.6. The molecule has 1 aromatic carbocycles. The minimum absolute atomic E-state index is 0.225. The van der Waals surface area contributed by atoms with E-state index in [4.69, 9.17) is 0 Å². The number of halogens is 1. The number of amides is 1. The first-order valence-corrected chi connectivity index (χ1v) is 8.41. The second-order valence-electron chi connectivity index (χ2n) is 5.43. The van der Waals surface area contributed by atoms with Crippen LogP contribution in [0.4, 0.5) is 10.1 Å². The highest BCUT2D eigenvalue weighted by atomic mass is 32.2. The number of anilines is 1. The van der Waals surface area contributed by atoms with E-state index < -0.39 is 21.9 Å². The Hall–Kier alpha value is -1.71. The lowest BCUT2D eigenvalue weighted by Crippen LogP contribution is -2.46. The fourth-order valence-electron chi connectivity index (χ4n) is 1.72. The van der Waals surface area contributed by atoms with E-state index in [1.807, 2.05) is 19.0 Å². The predicted molar refractivity (Wildman–Crippen MR) is 87.9 cm³/mol. The number of nitrogens with one attached hydrogen (secondary N) is 1. The smallest absolute Gasteiger partial charge is 0.304 e. The van der Waals surface area contributed by atoms with E-state index in [0.717, 1.165) is 20.7 Å². The zero-order valence-corrected chi connectivity index (χ0v) is 14.6. The molecule has 0 aliphatic heterocycles. The molecule has 0 aromatic heterocycles. The summed E-state index contributed by atoms with van der Waals surface area (Å²) in [4.78, 5) is 13.9. The number of likely N-dealkylation sites (N-methyl/N-ethyl adjacent to an activating group) is 1. The highest BCUT2D eigenvalue weighted by Crippen LogP contribution is 2.19. The van der Waals surface area contributed by atoms with Gasteiger partial charge in [0.15, 0.2) is 0 Å². The summed E-state index contributed by atoms with van der Waals surface area (Å²) >= 11 is 0. The monoisotopic (exact) mass is 346 g/mol. The normalized spacial score (nSPS) is 11.8. The number of benzene rings is 1. The third kappa shape index (κ3) is 5.77. The van der Waals surface area contributed by atoms with Gasteiger partial charge in [0.1, 0.15) is 12.4 Å². The van der Waals surface area contributed by atoms with Crippen molar-refractivity contribution in [3.8, 4) is 0 Å². The standard InChI is InChI=1S/C14H23FN4O3S/c1-17(2)10-9-16-14(20)11-19(23(21,22)18(3)4)13-7-5-12(15)6-8-13/h5-8H,9-11H2,1-4H3,(H,16,20). The number of hydrogen-bond donors (Lipinski definition) is 1. The maximum Gasteiger partial charge on any atom is 0.304 e. The molecule has 1 amide bonds. The highest BCUT2D eigenvalue weighted by molar-refractivity contribution is 7.90. The van der Waals surface area contributed by atoms with E-state index in [1.165, 1.54) is 26.2 Å². The van der Waals surface area contributed by atoms with Crippen molar-refractivity contribution in [1.29, 1.82) is 0 Å². The van der Waals surface area contributed by atoms with Gasteiger partial charge >= 0.3 is 10.2 Å². The van der Waals surface area contributed by atoms with Crippen molar-refractivity contribution in [2.75, 3.05) is 52.1 Å². The number of carbonyl (C=O) groups excluding carboxylic acids is 1. The van der Waals surface area contributed by atoms with Crippen LogP contribution in [-0.4, -0.2) is 71.4 Å². The zero-order chi connectivity index (χ0) is 17.6. The van der Waals surface area contributed by atoms with Crippen LogP contribution in [0.25, 0.3) is 0 Å². The molecule has 0 bridgehead atoms. The molecule has 9 heteroatoms. The summed E-state index contributed by atoms with van der Waals surface area (Å²) in [6.07, 6.45) is 0. The summed E-state index contributed by atoms with van der Waals surface area (Å²) < 4.78 is 39.8. The molecule has 7 nitrogen and oxygen atoms in total. The van der Waals surface area contributed by atoms with Gasteiger partial charge in [-0.3, -0.25) is 4.79 Å². The average molecular weight is 346 g/mol. The van der Waals surface area contributed by atoms with Crippen molar-refractivity contribution >= 4 is 21.8 Å². The molecular formula is C14H23FN4O3S. The third-order valence-electron chi connectivity index (χ3n) is 3.02. The number of nitrogens with zero attached hydrogens (tertiary/aromatic N) is 3. The summed E-state index contributed by atoms with van der Waals surface area (Å²) in [5.74, 6) is -0.909. The number of rotatable bonds is 8. The quantitative estimate of drug-likeness (QED) is 0.725. The molecular weight excluding hydrogens is 323 g/mol. The van der Waals surface area contributed by atoms with Crippen molar-refractivity contribution in [2.45, 2.75) is 0 Å². The zero-order valence-electron chi connectivity index (χ0n) is 13.8. The van der Waals surface area contributed by atoms with Crippen LogP contribution in [0.1, 0.15) is 0 Å². The Morgan fingerprint density at radius 1 is 1.13 bits per heavy atom. The summed E-state index contributed by atoms with van der Waals surface area (Å²) in [5.41, 5.74) is 0.225. The van der Waals surface area contributed by atoms with Gasteiger partial charge in [0.25, 0.3) is 0 Å². The van der Waals surface area contributed by atoms with Crippen molar-refractivity contribution in [3.63, 3.8) is 0 Å². The first kappa shape index (κ1) is 19.3. The summed E-state index contributed by atoms with van der Waals surface area (Å²) in [5, 5.41) is 2.66. The Labute approximate surface area is 136 Å². The number of carbonyl (C=O) groups is 1. The van der Waals surface area contributed by atoms with Gasteiger partial charge in [-0.2, -0.15) is 12.7 Å². The van der Waals surface area contributed by atoms with Crippen LogP contribution in [0, 0.1) is 5.82 Å². The van der Waals surface area contributed by atoms with Crippen molar-refractivity contribution in [3.05, 3.63) is 30.1 Å². The second kappa shape index (κ2) is 8.23. The topological polar surface area (TPSA) is 73.0 Å². The molecule has 0 spiro atoms. The lowest BCUT2D eigenvalue weighted by atomic mass is 10.3. The van der Waals surface area contributed by atoms with Gasteiger partial charge in [0, 0.05) is 27.2 Å². The van der Waals surface area contributed by atoms with Crippen LogP contribution in [0.3, 0.4) is 0 Å². The molecule has 0 unspecified atom stereocenters. The van der Waals surface area contributed by atoms with Gasteiger partial charge in [0.2, 0.25) is 5.91 Å². The Balaban J connectivity index is 2.93. The Morgan fingerprint density at radius 2 is 1.70 bits per heavy atom. The van der Waals surface area contributed by atoms with Crippen LogP contribution >= 0.6 is 0 Å². The lowest BCUT2D eigenvalue weighted by Gasteiger charge is -2.27. The molecule has 1 N–H and O–H groups in total. The molecule has 0 aliphatic carbocycles. The molecule has 23 heavy (non-hydrogen) atoms. The fraction of sp³-hybridized carbons (Fsp3) is 0.500. The second-order valence-corrected chi connectivity index (χ2v) is 7.49. The summed E-state index contributed by atoms with van der Waals surface area (Å²) in [6, 6.07) is 4.95. The van der Waals surface area contributed by atoms with Crippen molar-refractivity contribution < 1.29 is 17.6 Å². The average Bonchev–Trinajstić information content (AvgIpc) is 2.45. The van der Waals surface area contributed by atoms with Crippen LogP contribution in [-0.2, 0) is 15.0 Å². The largest absolute Gasteiger partial charge is 0.353 e. The third-order valence-corrected chi connectivity index (χ3v) is 4.84. The summed E-state index contributed by atoms with van der Waals surface area (Å²) in [7, 11) is 2.61. The first-order valence-electron chi connectivity index (χ1n) is 7.01. The fourth-order valence-corrected chi connectivity index (χ4v) is 2.78. The molecule has 1 rings (SSSR count). The van der Waals surface area contributed by atoms with Crippen LogP contribution in [0.5, 0.6) is 0 Å². The molecule has 130 valence electrons. The number of hydrogen-bond acceptors (Lipinski definition) is 4. The molecule has 0 saturated carbocycles. The minimum atomic E-state index is -3.87. The van der Waals surface area contributed by atoms with Crippen LogP contribution < -0.4 is 9.62 Å². The molecule has 0 fully saturated rings. The van der Waals surface area contributed by atoms with Crippen molar-refractivity contribution in [2.24, 2.45) is 0 Å². The van der Waals surface area contributed by atoms with Gasteiger partial charge in [-0.15, -0.1) is 0 Å². The Bertz CT molecular complexity index is 617. The van der Waals surface area contributed by atoms with E-state index in [2.05, 4.69) is 5.32 Å². The SMILES string of the molecule is CN(C)CCNC(=O)CN(c1ccc(F)cc1)S(=O)(=O)N(C)C. The maximum atomic E-state index is 13.0. The van der Waals surface area contributed by atoms with E-state index in [1.54, 1.807) is 0 Å². The highest BCUT2D eigenvalue weighted by Gasteiger charge is 2.27. The summed E-state index contributed by atoms with van der Waals surface area (Å²) in [6.45, 7) is 0.674. The van der Waals surface area contributed by atoms with Gasteiger partial charge in [-0.25, -0.2) is 8.70 Å². The molecule has 0 saturated heterocycles.